The van der Waals surface area contributed by atoms with E-state index in [0.29, 0.717) is 46.6 Å². The van der Waals surface area contributed by atoms with E-state index in [2.05, 4.69) is 5.16 Å². The highest BCUT2D eigenvalue weighted by atomic mass is 35.5. The summed E-state index contributed by atoms with van der Waals surface area (Å²) in [5.41, 5.74) is 0.956. The molecular formula is C21H26ClNO4S2. The van der Waals surface area contributed by atoms with Crippen molar-refractivity contribution in [3.8, 4) is 0 Å². The van der Waals surface area contributed by atoms with E-state index in [1.165, 1.54) is 30.4 Å². The SMILES string of the molecule is CCC(=NOCc1ccc(Cl)s1)C1=C(OC(C)=O)CC(C2CCCSC2)CC1=O. The van der Waals surface area contributed by atoms with Crippen molar-refractivity contribution in [2.75, 3.05) is 11.5 Å². The highest BCUT2D eigenvalue weighted by Gasteiger charge is 2.36. The summed E-state index contributed by atoms with van der Waals surface area (Å²) in [6, 6.07) is 3.70. The molecule has 0 bridgehead atoms. The Morgan fingerprint density at radius 1 is 1.31 bits per heavy atom. The molecule has 0 amide bonds. The molecule has 2 atom stereocenters. The third-order valence-corrected chi connectivity index (χ3v) is 7.66. The largest absolute Gasteiger partial charge is 0.430 e. The Bertz CT molecular complexity index is 811. The molecule has 158 valence electrons. The van der Waals surface area contributed by atoms with E-state index in [4.69, 9.17) is 21.2 Å². The number of thiophene rings is 1. The normalized spacial score (nSPS) is 23.3. The lowest BCUT2D eigenvalue weighted by Crippen LogP contribution is -2.31. The number of oxime groups is 1. The van der Waals surface area contributed by atoms with E-state index < -0.39 is 5.97 Å². The molecule has 2 unspecified atom stereocenters. The van der Waals surface area contributed by atoms with Crippen LogP contribution in [0, 0.1) is 11.8 Å². The Labute approximate surface area is 184 Å². The van der Waals surface area contributed by atoms with Gasteiger partial charge in [-0.2, -0.15) is 11.8 Å². The molecule has 8 heteroatoms. The maximum Gasteiger partial charge on any atom is 0.307 e. The summed E-state index contributed by atoms with van der Waals surface area (Å²) in [5.74, 6) is 3.02. The second-order valence-corrected chi connectivity index (χ2v) is 10.3. The minimum absolute atomic E-state index is 0.00329. The highest BCUT2D eigenvalue weighted by molar-refractivity contribution is 7.99. The Morgan fingerprint density at radius 3 is 2.76 bits per heavy atom. The van der Waals surface area contributed by atoms with E-state index >= 15 is 0 Å². The van der Waals surface area contributed by atoms with Gasteiger partial charge in [-0.15, -0.1) is 11.3 Å². The first-order chi connectivity index (χ1) is 14.0. The first-order valence-electron chi connectivity index (χ1n) is 9.93. The number of carbonyl (C=O) groups excluding carboxylic acids is 2. The van der Waals surface area contributed by atoms with Gasteiger partial charge in [0.2, 0.25) is 0 Å². The summed E-state index contributed by atoms with van der Waals surface area (Å²) in [7, 11) is 0. The summed E-state index contributed by atoms with van der Waals surface area (Å²) < 4.78 is 6.20. The number of allylic oxidation sites excluding steroid dienone is 2. The Hall–Kier alpha value is -1.31. The van der Waals surface area contributed by atoms with Crippen LogP contribution in [0.1, 0.15) is 50.8 Å². The smallest absolute Gasteiger partial charge is 0.307 e. The Kier molecular flexibility index (Phi) is 8.21. The molecule has 0 spiro atoms. The molecule has 0 aromatic carbocycles. The molecule has 0 N–H and O–H groups in total. The van der Waals surface area contributed by atoms with Gasteiger partial charge < -0.3 is 9.57 Å². The average Bonchev–Trinajstić information content (AvgIpc) is 3.11. The zero-order valence-corrected chi connectivity index (χ0v) is 19.1. The number of thioether (sulfide) groups is 1. The molecule has 1 aromatic heterocycles. The van der Waals surface area contributed by atoms with Crippen molar-refractivity contribution in [2.45, 2.75) is 52.6 Å². The number of esters is 1. The molecule has 5 nitrogen and oxygen atoms in total. The van der Waals surface area contributed by atoms with Crippen molar-refractivity contribution >= 4 is 52.2 Å². The maximum atomic E-state index is 13.1. The van der Waals surface area contributed by atoms with Crippen molar-refractivity contribution in [1.29, 1.82) is 0 Å². The number of halogens is 1. The molecule has 1 aliphatic carbocycles. The predicted octanol–water partition coefficient (Wildman–Crippen LogP) is 5.62. The van der Waals surface area contributed by atoms with Crippen LogP contribution >= 0.6 is 34.7 Å². The monoisotopic (exact) mass is 455 g/mol. The zero-order chi connectivity index (χ0) is 20.8. The summed E-state index contributed by atoms with van der Waals surface area (Å²) in [5, 5.41) is 4.22. The average molecular weight is 456 g/mol. The van der Waals surface area contributed by atoms with E-state index in [9.17, 15) is 9.59 Å². The molecule has 1 aromatic rings. The van der Waals surface area contributed by atoms with E-state index in [1.54, 1.807) is 0 Å². The van der Waals surface area contributed by atoms with Crippen LogP contribution in [0.15, 0.2) is 28.6 Å². The number of carbonyl (C=O) groups is 2. The minimum atomic E-state index is -0.409. The molecular weight excluding hydrogens is 430 g/mol. The Morgan fingerprint density at radius 2 is 2.14 bits per heavy atom. The van der Waals surface area contributed by atoms with Crippen LogP contribution < -0.4 is 0 Å². The number of hydrogen-bond donors (Lipinski definition) is 0. The van der Waals surface area contributed by atoms with Crippen LogP contribution in [0.4, 0.5) is 0 Å². The fraction of sp³-hybridized carbons (Fsp3) is 0.571. The third-order valence-electron chi connectivity index (χ3n) is 5.22. The molecule has 2 heterocycles. The van der Waals surface area contributed by atoms with Crippen molar-refractivity contribution in [1.82, 2.24) is 0 Å². The Balaban J connectivity index is 1.80. The molecule has 3 rings (SSSR count). The van der Waals surface area contributed by atoms with Gasteiger partial charge >= 0.3 is 5.97 Å². The van der Waals surface area contributed by atoms with Gasteiger partial charge in [0.1, 0.15) is 5.76 Å². The highest BCUT2D eigenvalue weighted by Crippen LogP contribution is 2.39. The number of rotatable bonds is 7. The quantitative estimate of drug-likeness (QED) is 0.303. The molecule has 1 saturated heterocycles. The van der Waals surface area contributed by atoms with Crippen LogP contribution in [-0.2, 0) is 25.8 Å². The fourth-order valence-electron chi connectivity index (χ4n) is 3.86. The summed E-state index contributed by atoms with van der Waals surface area (Å²) in [6.07, 6.45) is 3.91. The van der Waals surface area contributed by atoms with E-state index in [-0.39, 0.29) is 18.3 Å². The lowest BCUT2D eigenvalue weighted by Gasteiger charge is -2.33. The van der Waals surface area contributed by atoms with Gasteiger partial charge in [0.05, 0.1) is 15.6 Å². The molecule has 29 heavy (non-hydrogen) atoms. The van der Waals surface area contributed by atoms with Gasteiger partial charge in [0, 0.05) is 24.6 Å². The maximum absolute atomic E-state index is 13.1. The first-order valence-corrected chi connectivity index (χ1v) is 12.3. The van der Waals surface area contributed by atoms with Gasteiger partial charge in [-0.25, -0.2) is 0 Å². The lowest BCUT2D eigenvalue weighted by atomic mass is 9.77. The van der Waals surface area contributed by atoms with Gasteiger partial charge in [0.25, 0.3) is 0 Å². The summed E-state index contributed by atoms with van der Waals surface area (Å²) in [6.45, 7) is 3.57. The molecule has 0 saturated carbocycles. The summed E-state index contributed by atoms with van der Waals surface area (Å²) >= 11 is 9.32. The van der Waals surface area contributed by atoms with Crippen molar-refractivity contribution in [3.05, 3.63) is 32.7 Å². The zero-order valence-electron chi connectivity index (χ0n) is 16.7. The van der Waals surface area contributed by atoms with Gasteiger partial charge in [-0.05, 0) is 54.7 Å². The van der Waals surface area contributed by atoms with Crippen LogP contribution in [-0.4, -0.2) is 29.0 Å². The topological polar surface area (TPSA) is 65.0 Å². The number of hydrogen-bond acceptors (Lipinski definition) is 7. The van der Waals surface area contributed by atoms with Crippen LogP contribution in [0.25, 0.3) is 0 Å². The first kappa shape index (κ1) is 22.4. The predicted molar refractivity (Wildman–Crippen MR) is 118 cm³/mol. The molecule has 1 fully saturated rings. The molecule has 1 aliphatic heterocycles. The van der Waals surface area contributed by atoms with Gasteiger partial charge in [0.15, 0.2) is 12.4 Å². The second-order valence-electron chi connectivity index (χ2n) is 7.33. The second kappa shape index (κ2) is 10.6. The number of Topliss-reactive ketones (excluding diaryl/α,β-unsaturated/α-hetero) is 1. The van der Waals surface area contributed by atoms with Crippen molar-refractivity contribution in [3.63, 3.8) is 0 Å². The van der Waals surface area contributed by atoms with Crippen LogP contribution in [0.3, 0.4) is 0 Å². The van der Waals surface area contributed by atoms with E-state index in [1.807, 2.05) is 30.8 Å². The minimum Gasteiger partial charge on any atom is -0.430 e. The number of ketones is 1. The van der Waals surface area contributed by atoms with Gasteiger partial charge in [-0.3, -0.25) is 9.59 Å². The number of ether oxygens (including phenoxy) is 1. The molecule has 2 aliphatic rings. The van der Waals surface area contributed by atoms with Crippen molar-refractivity contribution < 1.29 is 19.2 Å². The number of nitrogens with zero attached hydrogens (tertiary/aromatic N) is 1. The third kappa shape index (κ3) is 6.09. The van der Waals surface area contributed by atoms with Gasteiger partial charge in [-0.1, -0.05) is 23.7 Å². The van der Waals surface area contributed by atoms with E-state index in [0.717, 1.165) is 17.1 Å². The van der Waals surface area contributed by atoms with Crippen molar-refractivity contribution in [2.24, 2.45) is 17.0 Å². The molecule has 0 radical (unpaired) electrons. The lowest BCUT2D eigenvalue weighted by molar-refractivity contribution is -0.137. The summed E-state index contributed by atoms with van der Waals surface area (Å²) in [4.78, 5) is 31.2. The van der Waals surface area contributed by atoms with Crippen LogP contribution in [0.2, 0.25) is 4.34 Å². The fourth-order valence-corrected chi connectivity index (χ4v) is 6.13. The van der Waals surface area contributed by atoms with Crippen LogP contribution in [0.5, 0.6) is 0 Å². The standard InChI is InChI=1S/C21H26ClNO4S2/c1-3-17(23-26-11-16-6-7-20(22)29-16)21-18(25)9-15(10-19(21)27-13(2)24)14-5-4-8-28-12-14/h6-7,14-15H,3-5,8-12H2,1-2H3.